The number of carbonyl (C=O) groups excluding carboxylic acids is 1. The van der Waals surface area contributed by atoms with Crippen molar-refractivity contribution in [3.8, 4) is 11.5 Å². The van der Waals surface area contributed by atoms with Crippen molar-refractivity contribution in [2.24, 2.45) is 5.92 Å². The zero-order chi connectivity index (χ0) is 23.4. The predicted octanol–water partition coefficient (Wildman–Crippen LogP) is 5.11. The van der Waals surface area contributed by atoms with Gasteiger partial charge in [0.05, 0.1) is 41.6 Å². The van der Waals surface area contributed by atoms with Crippen LogP contribution >= 0.6 is 35.0 Å². The Morgan fingerprint density at radius 2 is 1.88 bits per heavy atom. The topological polar surface area (TPSA) is 82.5 Å². The molecule has 1 N–H and O–H groups in total. The SMILES string of the molecule is COc1cc(NC(=O)CSc2nc3ccc(Cl)cc3c(=O)n2CC(C)C)c(OC)cc1Cl. The lowest BCUT2D eigenvalue weighted by Gasteiger charge is -2.16. The number of methoxy groups -OCH3 is 2. The summed E-state index contributed by atoms with van der Waals surface area (Å²) in [5.41, 5.74) is 0.782. The van der Waals surface area contributed by atoms with E-state index in [-0.39, 0.29) is 23.1 Å². The molecule has 170 valence electrons. The summed E-state index contributed by atoms with van der Waals surface area (Å²) >= 11 is 13.4. The second kappa shape index (κ2) is 10.5. The fourth-order valence-corrected chi connectivity index (χ4v) is 4.30. The van der Waals surface area contributed by atoms with Gasteiger partial charge in [0, 0.05) is 23.7 Å². The van der Waals surface area contributed by atoms with E-state index in [2.05, 4.69) is 10.3 Å². The molecule has 0 atom stereocenters. The summed E-state index contributed by atoms with van der Waals surface area (Å²) < 4.78 is 12.1. The average molecular weight is 496 g/mol. The van der Waals surface area contributed by atoms with E-state index >= 15 is 0 Å². The lowest BCUT2D eigenvalue weighted by molar-refractivity contribution is -0.113. The number of nitrogens with zero attached hydrogens (tertiary/aromatic N) is 2. The third-order valence-corrected chi connectivity index (χ3v) is 6.02. The Balaban J connectivity index is 1.86. The molecule has 0 aliphatic heterocycles. The first-order valence-corrected chi connectivity index (χ1v) is 11.5. The molecule has 1 heterocycles. The van der Waals surface area contributed by atoms with Crippen molar-refractivity contribution >= 4 is 57.5 Å². The number of amides is 1. The zero-order valence-corrected chi connectivity index (χ0v) is 20.4. The monoisotopic (exact) mass is 495 g/mol. The van der Waals surface area contributed by atoms with E-state index < -0.39 is 0 Å². The summed E-state index contributed by atoms with van der Waals surface area (Å²) in [7, 11) is 2.97. The van der Waals surface area contributed by atoms with E-state index in [1.807, 2.05) is 13.8 Å². The number of halogens is 2. The van der Waals surface area contributed by atoms with E-state index in [4.69, 9.17) is 32.7 Å². The molecule has 2 aromatic carbocycles. The Morgan fingerprint density at radius 1 is 1.16 bits per heavy atom. The summed E-state index contributed by atoms with van der Waals surface area (Å²) in [6, 6.07) is 8.17. The third kappa shape index (κ3) is 5.49. The van der Waals surface area contributed by atoms with Gasteiger partial charge in [-0.2, -0.15) is 0 Å². The van der Waals surface area contributed by atoms with Crippen molar-refractivity contribution in [3.05, 3.63) is 50.7 Å². The standard InChI is InChI=1S/C22H23Cl2N3O4S/c1-12(2)10-27-21(29)14-7-13(23)5-6-16(14)26-22(27)32-11-20(28)25-17-9-18(30-3)15(24)8-19(17)31-4/h5-9,12H,10-11H2,1-4H3,(H,25,28). The minimum atomic E-state index is -0.292. The van der Waals surface area contributed by atoms with Crippen molar-refractivity contribution < 1.29 is 14.3 Å². The molecule has 1 amide bonds. The van der Waals surface area contributed by atoms with Crippen LogP contribution in [0.15, 0.2) is 40.3 Å². The number of benzene rings is 2. The van der Waals surface area contributed by atoms with E-state index in [0.29, 0.717) is 49.8 Å². The third-order valence-electron chi connectivity index (χ3n) is 4.51. The average Bonchev–Trinajstić information content (AvgIpc) is 2.75. The molecule has 32 heavy (non-hydrogen) atoms. The zero-order valence-electron chi connectivity index (χ0n) is 18.1. The van der Waals surface area contributed by atoms with Crippen LogP contribution in [0.3, 0.4) is 0 Å². The van der Waals surface area contributed by atoms with Gasteiger partial charge in [-0.05, 0) is 24.1 Å². The molecular weight excluding hydrogens is 473 g/mol. The quantitative estimate of drug-likeness (QED) is 0.345. The van der Waals surface area contributed by atoms with Crippen molar-refractivity contribution in [3.63, 3.8) is 0 Å². The number of fused-ring (bicyclic) bond motifs is 1. The van der Waals surface area contributed by atoms with E-state index in [1.54, 1.807) is 34.9 Å². The minimum absolute atomic E-state index is 0.0394. The molecule has 0 radical (unpaired) electrons. The van der Waals surface area contributed by atoms with Crippen molar-refractivity contribution in [2.45, 2.75) is 25.5 Å². The van der Waals surface area contributed by atoms with E-state index in [9.17, 15) is 9.59 Å². The summed E-state index contributed by atoms with van der Waals surface area (Å²) in [6.45, 7) is 4.49. The number of ether oxygens (including phenoxy) is 2. The van der Waals surface area contributed by atoms with Crippen molar-refractivity contribution in [1.82, 2.24) is 9.55 Å². The highest BCUT2D eigenvalue weighted by Crippen LogP contribution is 2.36. The van der Waals surface area contributed by atoms with Crippen LogP contribution in [0.1, 0.15) is 13.8 Å². The number of aromatic nitrogens is 2. The van der Waals surface area contributed by atoms with Gasteiger partial charge in [-0.25, -0.2) is 4.98 Å². The maximum Gasteiger partial charge on any atom is 0.262 e. The van der Waals surface area contributed by atoms with Gasteiger partial charge in [-0.3, -0.25) is 14.2 Å². The summed E-state index contributed by atoms with van der Waals surface area (Å²) in [5.74, 6) is 0.782. The Hall–Kier alpha value is -2.42. The second-order valence-corrected chi connectivity index (χ2v) is 9.18. The predicted molar refractivity (Wildman–Crippen MR) is 130 cm³/mol. The Morgan fingerprint density at radius 3 is 2.53 bits per heavy atom. The maximum atomic E-state index is 13.1. The van der Waals surface area contributed by atoms with Crippen LogP contribution in [-0.4, -0.2) is 35.4 Å². The van der Waals surface area contributed by atoms with Gasteiger partial charge < -0.3 is 14.8 Å². The Labute approximate surface area is 200 Å². The first-order valence-electron chi connectivity index (χ1n) is 9.77. The molecule has 0 unspecified atom stereocenters. The molecule has 0 fully saturated rings. The van der Waals surface area contributed by atoms with Gasteiger partial charge in [-0.15, -0.1) is 0 Å². The number of nitrogens with one attached hydrogen (secondary N) is 1. The van der Waals surface area contributed by atoms with Crippen LogP contribution in [0.25, 0.3) is 10.9 Å². The number of rotatable bonds is 8. The molecule has 10 heteroatoms. The van der Waals surface area contributed by atoms with Crippen LogP contribution in [0.5, 0.6) is 11.5 Å². The molecule has 0 spiro atoms. The number of anilines is 1. The lowest BCUT2D eigenvalue weighted by atomic mass is 10.2. The molecule has 1 aromatic heterocycles. The van der Waals surface area contributed by atoms with E-state index in [0.717, 1.165) is 0 Å². The number of hydrogen-bond acceptors (Lipinski definition) is 6. The van der Waals surface area contributed by atoms with Crippen LogP contribution in [0.4, 0.5) is 5.69 Å². The summed E-state index contributed by atoms with van der Waals surface area (Å²) in [4.78, 5) is 30.3. The van der Waals surface area contributed by atoms with Crippen LogP contribution in [0.2, 0.25) is 10.0 Å². The molecular formula is C22H23Cl2N3O4S. The molecule has 0 aliphatic rings. The maximum absolute atomic E-state index is 13.1. The number of carbonyl (C=O) groups is 1. The fraction of sp³-hybridized carbons (Fsp3) is 0.318. The first kappa shape index (κ1) is 24.2. The van der Waals surface area contributed by atoms with Gasteiger partial charge in [-0.1, -0.05) is 48.8 Å². The number of thioether (sulfide) groups is 1. The smallest absolute Gasteiger partial charge is 0.262 e. The van der Waals surface area contributed by atoms with Crippen molar-refractivity contribution in [2.75, 3.05) is 25.3 Å². The molecule has 0 saturated heterocycles. The normalized spacial score (nSPS) is 11.1. The summed E-state index contributed by atoms with van der Waals surface area (Å²) in [5, 5.41) is 4.56. The Kier molecular flexibility index (Phi) is 7.92. The second-order valence-electron chi connectivity index (χ2n) is 7.39. The first-order chi connectivity index (χ1) is 15.2. The summed E-state index contributed by atoms with van der Waals surface area (Å²) in [6.07, 6.45) is 0. The highest BCUT2D eigenvalue weighted by atomic mass is 35.5. The molecule has 0 bridgehead atoms. The largest absolute Gasteiger partial charge is 0.495 e. The highest BCUT2D eigenvalue weighted by molar-refractivity contribution is 7.99. The van der Waals surface area contributed by atoms with Crippen molar-refractivity contribution in [1.29, 1.82) is 0 Å². The fourth-order valence-electron chi connectivity index (χ4n) is 3.08. The molecule has 7 nitrogen and oxygen atoms in total. The molecule has 3 aromatic rings. The van der Waals surface area contributed by atoms with Crippen LogP contribution in [0, 0.1) is 5.92 Å². The minimum Gasteiger partial charge on any atom is -0.495 e. The molecule has 3 rings (SSSR count). The van der Waals surface area contributed by atoms with Gasteiger partial charge in [0.15, 0.2) is 5.16 Å². The van der Waals surface area contributed by atoms with Gasteiger partial charge >= 0.3 is 0 Å². The number of hydrogen-bond donors (Lipinski definition) is 1. The van der Waals surface area contributed by atoms with Gasteiger partial charge in [0.25, 0.3) is 5.56 Å². The van der Waals surface area contributed by atoms with Gasteiger partial charge in [0.1, 0.15) is 11.5 Å². The lowest BCUT2D eigenvalue weighted by Crippen LogP contribution is -2.26. The van der Waals surface area contributed by atoms with E-state index in [1.165, 1.54) is 26.0 Å². The van der Waals surface area contributed by atoms with Crippen LogP contribution < -0.4 is 20.3 Å². The molecule has 0 saturated carbocycles. The van der Waals surface area contributed by atoms with Gasteiger partial charge in [0.2, 0.25) is 5.91 Å². The Bertz CT molecular complexity index is 1210. The van der Waals surface area contributed by atoms with Crippen LogP contribution in [-0.2, 0) is 11.3 Å². The molecule has 0 aliphatic carbocycles. The highest BCUT2D eigenvalue weighted by Gasteiger charge is 2.17.